The molecule has 5 rings (SSSR count). The summed E-state index contributed by atoms with van der Waals surface area (Å²) in [5.74, 6) is 1.16. The van der Waals surface area contributed by atoms with Gasteiger partial charge in [0.05, 0.1) is 5.52 Å². The summed E-state index contributed by atoms with van der Waals surface area (Å²) in [6.07, 6.45) is 0. The largest absolute Gasteiger partial charge is 0.472 e. The molecule has 0 amide bonds. The number of benzene rings is 2. The number of aromatic nitrogens is 2. The zero-order valence-corrected chi connectivity index (χ0v) is 22.0. The third kappa shape index (κ3) is 5.89. The molecule has 1 fully saturated rings. The summed E-state index contributed by atoms with van der Waals surface area (Å²) >= 11 is 3.46. The number of hydrogen-bond donors (Lipinski definition) is 1. The van der Waals surface area contributed by atoms with Gasteiger partial charge in [-0.1, -0.05) is 32.0 Å². The van der Waals surface area contributed by atoms with Gasteiger partial charge in [0.2, 0.25) is 11.8 Å². The number of nitrogens with one attached hydrogen (secondary N) is 1. The van der Waals surface area contributed by atoms with Gasteiger partial charge in [0.15, 0.2) is 0 Å². The van der Waals surface area contributed by atoms with Crippen molar-refractivity contribution < 1.29 is 4.74 Å². The van der Waals surface area contributed by atoms with E-state index in [0.717, 1.165) is 42.1 Å². The molecule has 2 aromatic heterocycles. The van der Waals surface area contributed by atoms with E-state index in [9.17, 15) is 0 Å². The van der Waals surface area contributed by atoms with Crippen LogP contribution in [0.15, 0.2) is 64.9 Å². The van der Waals surface area contributed by atoms with E-state index in [4.69, 9.17) is 14.7 Å². The van der Waals surface area contributed by atoms with E-state index in [1.807, 2.05) is 23.2 Å². The van der Waals surface area contributed by atoms with Crippen molar-refractivity contribution in [1.29, 1.82) is 0 Å². The molecule has 0 bridgehead atoms. The molecule has 0 saturated carbocycles. The van der Waals surface area contributed by atoms with Crippen LogP contribution in [0.3, 0.4) is 0 Å². The first-order chi connectivity index (χ1) is 17.0. The van der Waals surface area contributed by atoms with Crippen LogP contribution in [0.4, 0.5) is 17.3 Å². The molecule has 4 aromatic rings. The van der Waals surface area contributed by atoms with E-state index in [2.05, 4.69) is 84.5 Å². The number of fused-ring (bicyclic) bond motifs is 1. The van der Waals surface area contributed by atoms with Crippen molar-refractivity contribution in [3.8, 4) is 5.88 Å². The smallest absolute Gasteiger partial charge is 0.237 e. The lowest BCUT2D eigenvalue weighted by molar-refractivity contribution is 0.296. The van der Waals surface area contributed by atoms with Gasteiger partial charge in [-0.25, -0.2) is 4.98 Å². The first-order valence-corrected chi connectivity index (χ1v) is 13.7. The van der Waals surface area contributed by atoms with E-state index in [0.29, 0.717) is 23.7 Å². The molecule has 1 N–H and O–H groups in total. The molecule has 0 aliphatic carbocycles. The summed E-state index contributed by atoms with van der Waals surface area (Å²) in [7, 11) is 2.18. The zero-order valence-electron chi connectivity index (χ0n) is 20.4. The van der Waals surface area contributed by atoms with Gasteiger partial charge in [-0.3, -0.25) is 0 Å². The second-order valence-corrected chi connectivity index (χ2v) is 11.5. The summed E-state index contributed by atoms with van der Waals surface area (Å²) in [6.45, 7) is 9.19. The number of anilines is 3. The number of hydrogen-bond acceptors (Lipinski definition) is 8. The Balaban J connectivity index is 1.32. The highest BCUT2D eigenvalue weighted by Gasteiger charge is 2.15. The minimum Gasteiger partial charge on any atom is -0.472 e. The molecule has 6 nitrogen and oxygen atoms in total. The van der Waals surface area contributed by atoms with Crippen LogP contribution in [-0.2, 0) is 6.61 Å². The molecule has 8 heteroatoms. The second kappa shape index (κ2) is 10.8. The molecular weight excluding hydrogens is 474 g/mol. The number of nitrogens with zero attached hydrogens (tertiary/aromatic N) is 4. The summed E-state index contributed by atoms with van der Waals surface area (Å²) < 4.78 is 7.23. The Morgan fingerprint density at radius 1 is 1.00 bits per heavy atom. The van der Waals surface area contributed by atoms with Crippen LogP contribution < -0.4 is 15.0 Å². The molecule has 0 radical (unpaired) electrons. The Kier molecular flexibility index (Phi) is 7.41. The van der Waals surface area contributed by atoms with Crippen molar-refractivity contribution in [2.45, 2.75) is 30.6 Å². The summed E-state index contributed by atoms with van der Waals surface area (Å²) in [6, 6.07) is 18.9. The minimum atomic E-state index is 0.471. The van der Waals surface area contributed by atoms with E-state index in [-0.39, 0.29) is 0 Å². The van der Waals surface area contributed by atoms with Crippen LogP contribution in [0, 0.1) is 0 Å². The first-order valence-electron chi connectivity index (χ1n) is 12.0. The predicted molar refractivity (Wildman–Crippen MR) is 149 cm³/mol. The van der Waals surface area contributed by atoms with E-state index in [1.165, 1.54) is 16.1 Å². The summed E-state index contributed by atoms with van der Waals surface area (Å²) in [5.41, 5.74) is 4.27. The van der Waals surface area contributed by atoms with Crippen molar-refractivity contribution in [3.63, 3.8) is 0 Å². The topological polar surface area (TPSA) is 53.5 Å². The van der Waals surface area contributed by atoms with Gasteiger partial charge >= 0.3 is 0 Å². The van der Waals surface area contributed by atoms with Crippen LogP contribution in [-0.4, -0.2) is 53.3 Å². The lowest BCUT2D eigenvalue weighted by Crippen LogP contribution is -2.44. The van der Waals surface area contributed by atoms with Gasteiger partial charge in [0, 0.05) is 53.3 Å². The van der Waals surface area contributed by atoms with Gasteiger partial charge in [-0.2, -0.15) is 4.98 Å². The fourth-order valence-corrected chi connectivity index (χ4v) is 5.79. The Bertz CT molecular complexity index is 1270. The van der Waals surface area contributed by atoms with E-state index < -0.39 is 0 Å². The maximum Gasteiger partial charge on any atom is 0.237 e. The highest BCUT2D eigenvalue weighted by Crippen LogP contribution is 2.32. The van der Waals surface area contributed by atoms with Crippen molar-refractivity contribution in [2.75, 3.05) is 43.4 Å². The molecule has 0 atom stereocenters. The molecule has 1 aliphatic rings. The highest BCUT2D eigenvalue weighted by molar-refractivity contribution is 8.00. The molecule has 0 spiro atoms. The Hall–Kier alpha value is -2.81. The number of piperazine rings is 1. The first kappa shape index (κ1) is 23.9. The molecule has 182 valence electrons. The number of ether oxygens (including phenoxy) is 1. The highest BCUT2D eigenvalue weighted by atomic mass is 32.2. The third-order valence-electron chi connectivity index (χ3n) is 5.96. The summed E-state index contributed by atoms with van der Waals surface area (Å²) in [5, 5.41) is 5.91. The number of rotatable bonds is 8. The molecule has 0 unspecified atom stereocenters. The van der Waals surface area contributed by atoms with Gasteiger partial charge in [-0.05, 0) is 48.8 Å². The van der Waals surface area contributed by atoms with E-state index in [1.54, 1.807) is 11.3 Å². The normalized spacial score (nSPS) is 14.6. The molecule has 1 aliphatic heterocycles. The Morgan fingerprint density at radius 3 is 2.54 bits per heavy atom. The molecule has 3 heterocycles. The maximum atomic E-state index is 6.27. The maximum absolute atomic E-state index is 6.27. The molecular formula is C27H31N5OS2. The fraction of sp³-hybridized carbons (Fsp3) is 0.333. The van der Waals surface area contributed by atoms with Crippen molar-refractivity contribution >= 4 is 50.6 Å². The third-order valence-corrected chi connectivity index (χ3v) is 7.98. The van der Waals surface area contributed by atoms with Crippen molar-refractivity contribution in [1.82, 2.24) is 14.9 Å². The monoisotopic (exact) mass is 505 g/mol. The fourth-order valence-electron chi connectivity index (χ4n) is 4.08. The average molecular weight is 506 g/mol. The van der Waals surface area contributed by atoms with Crippen molar-refractivity contribution in [2.24, 2.45) is 0 Å². The quantitative estimate of drug-likeness (QED) is 0.283. The van der Waals surface area contributed by atoms with Crippen LogP contribution in [0.1, 0.15) is 19.4 Å². The van der Waals surface area contributed by atoms with Gasteiger partial charge < -0.3 is 19.9 Å². The van der Waals surface area contributed by atoms with Crippen LogP contribution in [0.2, 0.25) is 0 Å². The number of likely N-dealkylation sites (N-methyl/N-ethyl adjacent to an activating group) is 1. The lowest BCUT2D eigenvalue weighted by atomic mass is 10.2. The lowest BCUT2D eigenvalue weighted by Gasteiger charge is -2.34. The minimum absolute atomic E-state index is 0.471. The molecule has 35 heavy (non-hydrogen) atoms. The van der Waals surface area contributed by atoms with Gasteiger partial charge in [0.25, 0.3) is 0 Å². The van der Waals surface area contributed by atoms with Gasteiger partial charge in [-0.15, -0.1) is 23.1 Å². The zero-order chi connectivity index (χ0) is 24.2. The standard InChI is InChI=1S/C27H31N5OS2/c1-19(2)35-24-7-5-4-6-20(24)18-33-26-25-23(12-17-34-25)29-27(30-26)28-21-8-10-22(11-9-21)32-15-13-31(3)14-16-32/h4-12,17,19H,13-16,18H2,1-3H3,(H,28,29,30). The SMILES string of the molecule is CC(C)Sc1ccccc1COc1nc(Nc2ccc(N3CCN(C)CC3)cc2)nc2ccsc12. The van der Waals surface area contributed by atoms with Crippen LogP contribution >= 0.6 is 23.1 Å². The van der Waals surface area contributed by atoms with Crippen LogP contribution in [0.25, 0.3) is 10.2 Å². The Labute approximate surface area is 215 Å². The Morgan fingerprint density at radius 2 is 1.77 bits per heavy atom. The van der Waals surface area contributed by atoms with Gasteiger partial charge in [0.1, 0.15) is 11.3 Å². The van der Waals surface area contributed by atoms with E-state index >= 15 is 0 Å². The molecule has 1 saturated heterocycles. The van der Waals surface area contributed by atoms with Crippen LogP contribution in [0.5, 0.6) is 5.88 Å². The number of thioether (sulfide) groups is 1. The second-order valence-electron chi connectivity index (χ2n) is 9.01. The number of thiophene rings is 1. The predicted octanol–water partition coefficient (Wildman–Crippen LogP) is 6.27. The van der Waals surface area contributed by atoms with Crippen molar-refractivity contribution in [3.05, 3.63) is 65.5 Å². The molecule has 2 aromatic carbocycles. The average Bonchev–Trinajstić information content (AvgIpc) is 3.33. The summed E-state index contributed by atoms with van der Waals surface area (Å²) in [4.78, 5) is 15.5.